The van der Waals surface area contributed by atoms with Gasteiger partial charge in [0.15, 0.2) is 0 Å². The highest BCUT2D eigenvalue weighted by Gasteiger charge is 2.09. The zero-order chi connectivity index (χ0) is 11.4. The van der Waals surface area contributed by atoms with E-state index in [2.05, 4.69) is 15.3 Å². The van der Waals surface area contributed by atoms with Crippen molar-refractivity contribution in [2.75, 3.05) is 0 Å². The van der Waals surface area contributed by atoms with Gasteiger partial charge in [0, 0.05) is 13.1 Å². The molecule has 0 fully saturated rings. The molecule has 0 radical (unpaired) electrons. The lowest BCUT2D eigenvalue weighted by molar-refractivity contribution is -0.119. The molecule has 0 saturated carbocycles. The van der Waals surface area contributed by atoms with Crippen molar-refractivity contribution in [3.63, 3.8) is 0 Å². The van der Waals surface area contributed by atoms with Crippen LogP contribution in [0.3, 0.4) is 0 Å². The number of nitrogens with one attached hydrogen (secondary N) is 1. The van der Waals surface area contributed by atoms with Crippen LogP contribution in [0.25, 0.3) is 0 Å². The van der Waals surface area contributed by atoms with Gasteiger partial charge < -0.3 is 10.4 Å². The van der Waals surface area contributed by atoms with Crippen LogP contribution in [0.4, 0.5) is 0 Å². The van der Waals surface area contributed by atoms with Gasteiger partial charge in [0.05, 0.1) is 17.8 Å². The lowest BCUT2D eigenvalue weighted by Crippen LogP contribution is -2.21. The zero-order valence-electron chi connectivity index (χ0n) is 8.44. The first-order chi connectivity index (χ1) is 7.00. The van der Waals surface area contributed by atoms with E-state index < -0.39 is 5.97 Å². The normalized spacial score (nSPS) is 9.73. The molecule has 1 aromatic heterocycles. The Balaban J connectivity index is 2.82. The molecule has 0 spiro atoms. The van der Waals surface area contributed by atoms with Gasteiger partial charge in [-0.05, 0) is 6.92 Å². The summed E-state index contributed by atoms with van der Waals surface area (Å²) in [6, 6.07) is 0. The summed E-state index contributed by atoms with van der Waals surface area (Å²) in [7, 11) is 0. The van der Waals surface area contributed by atoms with Crippen molar-refractivity contribution in [1.82, 2.24) is 15.3 Å². The average molecular weight is 209 g/mol. The van der Waals surface area contributed by atoms with Crippen molar-refractivity contribution >= 4 is 11.9 Å². The Kier molecular flexibility index (Phi) is 3.33. The van der Waals surface area contributed by atoms with E-state index in [4.69, 9.17) is 5.11 Å². The van der Waals surface area contributed by atoms with Crippen LogP contribution in [-0.4, -0.2) is 27.0 Å². The van der Waals surface area contributed by atoms with Crippen LogP contribution in [-0.2, 0) is 11.3 Å². The van der Waals surface area contributed by atoms with E-state index in [1.54, 1.807) is 6.92 Å². The highest BCUT2D eigenvalue weighted by molar-refractivity contribution is 5.88. The molecule has 15 heavy (non-hydrogen) atoms. The fourth-order valence-corrected chi connectivity index (χ4v) is 1.01. The van der Waals surface area contributed by atoms with E-state index >= 15 is 0 Å². The van der Waals surface area contributed by atoms with Crippen molar-refractivity contribution < 1.29 is 14.7 Å². The van der Waals surface area contributed by atoms with Crippen LogP contribution in [0.1, 0.15) is 28.8 Å². The molecule has 2 N–H and O–H groups in total. The van der Waals surface area contributed by atoms with Crippen LogP contribution < -0.4 is 5.32 Å². The molecule has 1 rings (SSSR count). The van der Waals surface area contributed by atoms with Crippen LogP contribution in [0.5, 0.6) is 0 Å². The van der Waals surface area contributed by atoms with E-state index in [-0.39, 0.29) is 18.0 Å². The van der Waals surface area contributed by atoms with Crippen molar-refractivity contribution in [2.24, 2.45) is 0 Å². The summed E-state index contributed by atoms with van der Waals surface area (Å²) in [5.74, 6) is -0.843. The molecule has 1 aromatic rings. The SMILES string of the molecule is CC(=O)NCc1ncc(C(=O)O)c(C)n1. The Hall–Kier alpha value is -1.98. The van der Waals surface area contributed by atoms with Gasteiger partial charge in [-0.1, -0.05) is 0 Å². The number of aromatic nitrogens is 2. The Morgan fingerprint density at radius 1 is 1.53 bits per heavy atom. The minimum absolute atomic E-state index is 0.0709. The van der Waals surface area contributed by atoms with Crippen molar-refractivity contribution in [3.05, 3.63) is 23.3 Å². The van der Waals surface area contributed by atoms with E-state index in [9.17, 15) is 9.59 Å². The summed E-state index contributed by atoms with van der Waals surface area (Å²) in [5, 5.41) is 11.3. The number of amides is 1. The quantitative estimate of drug-likeness (QED) is 0.737. The topological polar surface area (TPSA) is 92.2 Å². The van der Waals surface area contributed by atoms with E-state index in [1.807, 2.05) is 0 Å². The Bertz CT molecular complexity index is 404. The zero-order valence-corrected chi connectivity index (χ0v) is 8.44. The van der Waals surface area contributed by atoms with E-state index in [1.165, 1.54) is 13.1 Å². The number of carboxylic acid groups (broad SMARTS) is 1. The van der Waals surface area contributed by atoms with Crippen LogP contribution >= 0.6 is 0 Å². The summed E-state index contributed by atoms with van der Waals surface area (Å²) < 4.78 is 0. The summed E-state index contributed by atoms with van der Waals surface area (Å²) in [6.07, 6.45) is 1.24. The Morgan fingerprint density at radius 2 is 2.20 bits per heavy atom. The summed E-state index contributed by atoms with van der Waals surface area (Å²) in [4.78, 5) is 29.1. The second-order valence-electron chi connectivity index (χ2n) is 3.00. The largest absolute Gasteiger partial charge is 0.478 e. The summed E-state index contributed by atoms with van der Waals surface area (Å²) >= 11 is 0. The lowest BCUT2D eigenvalue weighted by Gasteiger charge is -2.03. The maximum atomic E-state index is 10.6. The first-order valence-corrected chi connectivity index (χ1v) is 4.31. The second kappa shape index (κ2) is 4.50. The number of carbonyl (C=O) groups excluding carboxylic acids is 1. The predicted octanol–water partition coefficient (Wildman–Crippen LogP) is 0.119. The van der Waals surface area contributed by atoms with Crippen LogP contribution in [0.15, 0.2) is 6.20 Å². The number of hydrogen-bond donors (Lipinski definition) is 2. The first kappa shape index (κ1) is 11.1. The highest BCUT2D eigenvalue weighted by Crippen LogP contribution is 2.03. The number of aromatic carboxylic acids is 1. The minimum Gasteiger partial charge on any atom is -0.478 e. The van der Waals surface area contributed by atoms with E-state index in [0.29, 0.717) is 11.5 Å². The maximum absolute atomic E-state index is 10.6. The second-order valence-corrected chi connectivity index (χ2v) is 3.00. The lowest BCUT2D eigenvalue weighted by atomic mass is 10.2. The van der Waals surface area contributed by atoms with E-state index in [0.717, 1.165) is 0 Å². The van der Waals surface area contributed by atoms with Crippen molar-refractivity contribution in [2.45, 2.75) is 20.4 Å². The van der Waals surface area contributed by atoms with Crippen molar-refractivity contribution in [1.29, 1.82) is 0 Å². The van der Waals surface area contributed by atoms with Gasteiger partial charge in [-0.3, -0.25) is 4.79 Å². The minimum atomic E-state index is -1.06. The van der Waals surface area contributed by atoms with Gasteiger partial charge >= 0.3 is 5.97 Å². The van der Waals surface area contributed by atoms with Crippen LogP contribution in [0, 0.1) is 6.92 Å². The molecule has 6 nitrogen and oxygen atoms in total. The molecule has 0 unspecified atom stereocenters. The number of nitrogens with zero attached hydrogens (tertiary/aromatic N) is 2. The monoisotopic (exact) mass is 209 g/mol. The maximum Gasteiger partial charge on any atom is 0.339 e. The molecule has 0 aliphatic heterocycles. The third-order valence-corrected chi connectivity index (χ3v) is 1.76. The molecule has 80 valence electrons. The van der Waals surface area contributed by atoms with Gasteiger partial charge in [-0.2, -0.15) is 0 Å². The van der Waals surface area contributed by atoms with Crippen LogP contribution in [0.2, 0.25) is 0 Å². The summed E-state index contributed by atoms with van der Waals surface area (Å²) in [6.45, 7) is 3.18. The molecule has 6 heteroatoms. The molecule has 0 aromatic carbocycles. The Morgan fingerprint density at radius 3 is 2.67 bits per heavy atom. The van der Waals surface area contributed by atoms with Gasteiger partial charge in [-0.15, -0.1) is 0 Å². The molecular weight excluding hydrogens is 198 g/mol. The first-order valence-electron chi connectivity index (χ1n) is 4.31. The standard InChI is InChI=1S/C9H11N3O3/c1-5-7(9(14)15)3-11-8(12-5)4-10-6(2)13/h3H,4H2,1-2H3,(H,10,13)(H,14,15). The number of hydrogen-bond acceptors (Lipinski definition) is 4. The van der Waals surface area contributed by atoms with Gasteiger partial charge in [0.2, 0.25) is 5.91 Å². The Labute approximate surface area is 86.4 Å². The fourth-order valence-electron chi connectivity index (χ4n) is 1.01. The molecule has 0 aliphatic rings. The number of carboxylic acids is 1. The predicted molar refractivity (Wildman–Crippen MR) is 51.2 cm³/mol. The molecule has 0 aliphatic carbocycles. The highest BCUT2D eigenvalue weighted by atomic mass is 16.4. The van der Waals surface area contributed by atoms with Gasteiger partial charge in [0.25, 0.3) is 0 Å². The molecular formula is C9H11N3O3. The summed E-state index contributed by atoms with van der Waals surface area (Å²) in [5.41, 5.74) is 0.458. The van der Waals surface area contributed by atoms with Gasteiger partial charge in [0.1, 0.15) is 5.82 Å². The van der Waals surface area contributed by atoms with Crippen molar-refractivity contribution in [3.8, 4) is 0 Å². The molecule has 1 amide bonds. The third-order valence-electron chi connectivity index (χ3n) is 1.76. The number of aryl methyl sites for hydroxylation is 1. The smallest absolute Gasteiger partial charge is 0.339 e. The molecule has 1 heterocycles. The molecule has 0 bridgehead atoms. The molecule has 0 saturated heterocycles. The van der Waals surface area contributed by atoms with Gasteiger partial charge in [-0.25, -0.2) is 14.8 Å². The average Bonchev–Trinajstić information content (AvgIpc) is 2.14. The third kappa shape index (κ3) is 3.01. The fraction of sp³-hybridized carbons (Fsp3) is 0.333. The number of rotatable bonds is 3. The molecule has 0 atom stereocenters. The number of carbonyl (C=O) groups is 2.